The Kier molecular flexibility index (Phi) is 4.27. The van der Waals surface area contributed by atoms with Crippen LogP contribution in [-0.4, -0.2) is 40.2 Å². The zero-order valence-corrected chi connectivity index (χ0v) is 12.1. The van der Waals surface area contributed by atoms with Gasteiger partial charge in [0.1, 0.15) is 5.69 Å². The third-order valence-electron chi connectivity index (χ3n) is 2.97. The van der Waals surface area contributed by atoms with Crippen molar-refractivity contribution in [1.29, 1.82) is 0 Å². The van der Waals surface area contributed by atoms with Crippen LogP contribution in [0, 0.1) is 0 Å². The molecule has 0 fully saturated rings. The Morgan fingerprint density at radius 1 is 1.37 bits per heavy atom. The Morgan fingerprint density at radius 3 is 2.63 bits per heavy atom. The molecule has 1 aromatic heterocycles. The number of para-hydroxylation sites is 1. The second-order valence-electron chi connectivity index (χ2n) is 4.12. The second kappa shape index (κ2) is 5.93. The first-order valence-corrected chi connectivity index (χ1v) is 7.34. The molecule has 0 saturated carbocycles. The number of nitrogens with zero attached hydrogens (tertiary/aromatic N) is 3. The Bertz CT molecular complexity index is 565. The molecule has 0 aliphatic rings. The highest BCUT2D eigenvalue weighted by Crippen LogP contribution is 2.22. The van der Waals surface area contributed by atoms with Crippen LogP contribution in [0.2, 0.25) is 0 Å². The minimum atomic E-state index is -0.0147. The molecule has 2 rings (SSSR count). The minimum absolute atomic E-state index is 0.0147. The van der Waals surface area contributed by atoms with Crippen LogP contribution in [0.25, 0.3) is 5.69 Å². The summed E-state index contributed by atoms with van der Waals surface area (Å²) in [6, 6.07) is 9.82. The van der Waals surface area contributed by atoms with Crippen LogP contribution >= 0.6 is 11.8 Å². The normalized spacial score (nSPS) is 10.5. The van der Waals surface area contributed by atoms with Crippen molar-refractivity contribution in [1.82, 2.24) is 14.5 Å². The van der Waals surface area contributed by atoms with Crippen molar-refractivity contribution < 1.29 is 4.79 Å². The first kappa shape index (κ1) is 13.7. The van der Waals surface area contributed by atoms with E-state index in [0.717, 1.165) is 10.8 Å². The number of hydrogen-bond acceptors (Lipinski definition) is 3. The minimum Gasteiger partial charge on any atom is -0.341 e. The lowest BCUT2D eigenvalue weighted by atomic mass is 10.3. The number of rotatable bonds is 4. The van der Waals surface area contributed by atoms with Gasteiger partial charge in [-0.3, -0.25) is 9.36 Å². The van der Waals surface area contributed by atoms with Crippen molar-refractivity contribution in [2.75, 3.05) is 19.8 Å². The van der Waals surface area contributed by atoms with Crippen molar-refractivity contribution in [2.24, 2.45) is 0 Å². The van der Waals surface area contributed by atoms with E-state index < -0.39 is 0 Å². The number of benzene rings is 1. The molecule has 19 heavy (non-hydrogen) atoms. The maximum Gasteiger partial charge on any atom is 0.272 e. The van der Waals surface area contributed by atoms with Crippen LogP contribution in [0.15, 0.2) is 41.7 Å². The monoisotopic (exact) mass is 275 g/mol. The Hall–Kier alpha value is -1.75. The summed E-state index contributed by atoms with van der Waals surface area (Å²) in [5, 5.41) is 0.819. The average molecular weight is 275 g/mol. The predicted molar refractivity (Wildman–Crippen MR) is 78.0 cm³/mol. The van der Waals surface area contributed by atoms with Gasteiger partial charge in [0, 0.05) is 19.3 Å². The molecule has 1 heterocycles. The van der Waals surface area contributed by atoms with Crippen LogP contribution in [0.5, 0.6) is 0 Å². The summed E-state index contributed by atoms with van der Waals surface area (Å²) in [7, 11) is 1.80. The highest BCUT2D eigenvalue weighted by atomic mass is 32.2. The standard InChI is InChI=1S/C14H17N3OS/c1-4-16(2)13(18)12-10-15-14(19-3)17(12)11-8-6-5-7-9-11/h5-10H,4H2,1-3H3. The number of carbonyl (C=O) groups excluding carboxylic acids is 1. The fourth-order valence-electron chi connectivity index (χ4n) is 1.80. The lowest BCUT2D eigenvalue weighted by Crippen LogP contribution is -2.28. The molecule has 1 amide bonds. The van der Waals surface area contributed by atoms with Gasteiger partial charge >= 0.3 is 0 Å². The van der Waals surface area contributed by atoms with Gasteiger partial charge in [0.15, 0.2) is 5.16 Å². The quantitative estimate of drug-likeness (QED) is 0.805. The number of hydrogen-bond donors (Lipinski definition) is 0. The molecule has 0 aliphatic heterocycles. The Labute approximate surface area is 117 Å². The maximum atomic E-state index is 12.4. The van der Waals surface area contributed by atoms with E-state index >= 15 is 0 Å². The molecule has 0 bridgehead atoms. The molecule has 0 aliphatic carbocycles. The first-order valence-electron chi connectivity index (χ1n) is 6.11. The molecule has 0 saturated heterocycles. The number of aromatic nitrogens is 2. The summed E-state index contributed by atoms with van der Waals surface area (Å²) in [6.07, 6.45) is 3.60. The van der Waals surface area contributed by atoms with E-state index in [9.17, 15) is 4.79 Å². The molecule has 0 unspecified atom stereocenters. The summed E-state index contributed by atoms with van der Waals surface area (Å²) < 4.78 is 1.90. The zero-order chi connectivity index (χ0) is 13.8. The topological polar surface area (TPSA) is 38.1 Å². The summed E-state index contributed by atoms with van der Waals surface area (Å²) in [5.41, 5.74) is 1.55. The van der Waals surface area contributed by atoms with Crippen molar-refractivity contribution in [2.45, 2.75) is 12.1 Å². The molecule has 0 atom stereocenters. The SMILES string of the molecule is CCN(C)C(=O)c1cnc(SC)n1-c1ccccc1. The van der Waals surface area contributed by atoms with Gasteiger partial charge < -0.3 is 4.90 Å². The lowest BCUT2D eigenvalue weighted by molar-refractivity contribution is 0.0794. The number of carbonyl (C=O) groups is 1. The van der Waals surface area contributed by atoms with Crippen LogP contribution in [0.3, 0.4) is 0 Å². The van der Waals surface area contributed by atoms with E-state index in [-0.39, 0.29) is 5.91 Å². The van der Waals surface area contributed by atoms with Gasteiger partial charge in [-0.1, -0.05) is 30.0 Å². The van der Waals surface area contributed by atoms with Crippen molar-refractivity contribution in [3.05, 3.63) is 42.2 Å². The zero-order valence-electron chi connectivity index (χ0n) is 11.3. The van der Waals surface area contributed by atoms with Gasteiger partial charge in [-0.05, 0) is 25.3 Å². The van der Waals surface area contributed by atoms with Crippen LogP contribution in [-0.2, 0) is 0 Å². The van der Waals surface area contributed by atoms with Crippen molar-refractivity contribution in [3.8, 4) is 5.69 Å². The van der Waals surface area contributed by atoms with Crippen molar-refractivity contribution in [3.63, 3.8) is 0 Å². The van der Waals surface area contributed by atoms with E-state index in [2.05, 4.69) is 4.98 Å². The first-order chi connectivity index (χ1) is 9.19. The Morgan fingerprint density at radius 2 is 2.05 bits per heavy atom. The summed E-state index contributed by atoms with van der Waals surface area (Å²) in [6.45, 7) is 2.63. The van der Waals surface area contributed by atoms with Gasteiger partial charge in [0.2, 0.25) is 0 Å². The third-order valence-corrected chi connectivity index (χ3v) is 3.62. The largest absolute Gasteiger partial charge is 0.341 e. The second-order valence-corrected chi connectivity index (χ2v) is 4.89. The van der Waals surface area contributed by atoms with E-state index in [1.54, 1.807) is 18.1 Å². The van der Waals surface area contributed by atoms with Crippen molar-refractivity contribution >= 4 is 17.7 Å². The maximum absolute atomic E-state index is 12.4. The van der Waals surface area contributed by atoms with E-state index in [1.165, 1.54) is 11.8 Å². The highest BCUT2D eigenvalue weighted by Gasteiger charge is 2.19. The summed E-state index contributed by atoms with van der Waals surface area (Å²) in [5.74, 6) is -0.0147. The van der Waals surface area contributed by atoms with Crippen LogP contribution < -0.4 is 0 Å². The van der Waals surface area contributed by atoms with E-state index in [1.807, 2.05) is 48.1 Å². The van der Waals surface area contributed by atoms with Gasteiger partial charge in [0.25, 0.3) is 5.91 Å². The fraction of sp³-hybridized carbons (Fsp3) is 0.286. The summed E-state index contributed by atoms with van der Waals surface area (Å²) in [4.78, 5) is 18.4. The number of thioether (sulfide) groups is 1. The van der Waals surface area contributed by atoms with E-state index in [4.69, 9.17) is 0 Å². The van der Waals surface area contributed by atoms with E-state index in [0.29, 0.717) is 12.2 Å². The molecule has 0 radical (unpaired) electrons. The number of imidazole rings is 1. The van der Waals surface area contributed by atoms with Gasteiger partial charge in [-0.2, -0.15) is 0 Å². The molecule has 100 valence electrons. The molecule has 4 nitrogen and oxygen atoms in total. The molecule has 5 heteroatoms. The molecule has 0 spiro atoms. The van der Waals surface area contributed by atoms with Gasteiger partial charge in [-0.25, -0.2) is 4.98 Å². The summed E-state index contributed by atoms with van der Waals surface area (Å²) >= 11 is 1.53. The third kappa shape index (κ3) is 2.66. The van der Waals surface area contributed by atoms with Gasteiger partial charge in [-0.15, -0.1) is 0 Å². The molecular formula is C14H17N3OS. The Balaban J connectivity index is 2.52. The smallest absolute Gasteiger partial charge is 0.272 e. The average Bonchev–Trinajstić information content (AvgIpc) is 2.90. The fourth-order valence-corrected chi connectivity index (χ4v) is 2.34. The van der Waals surface area contributed by atoms with Gasteiger partial charge in [0.05, 0.1) is 6.20 Å². The predicted octanol–water partition coefficient (Wildman–Crippen LogP) is 2.69. The molecular weight excluding hydrogens is 258 g/mol. The molecule has 0 N–H and O–H groups in total. The number of amides is 1. The lowest BCUT2D eigenvalue weighted by Gasteiger charge is -2.16. The highest BCUT2D eigenvalue weighted by molar-refractivity contribution is 7.98. The molecule has 1 aromatic carbocycles. The van der Waals surface area contributed by atoms with Crippen LogP contribution in [0.1, 0.15) is 17.4 Å². The van der Waals surface area contributed by atoms with Crippen LogP contribution in [0.4, 0.5) is 0 Å². The molecule has 2 aromatic rings.